The molecule has 0 unspecified atom stereocenters. The number of hydrogen-bond acceptors (Lipinski definition) is 4. The summed E-state index contributed by atoms with van der Waals surface area (Å²) in [6.45, 7) is 3.69. The van der Waals surface area contributed by atoms with Crippen LogP contribution < -0.4 is 10.3 Å². The van der Waals surface area contributed by atoms with E-state index in [1.54, 1.807) is 31.5 Å². The largest absolute Gasteiger partial charge is 0.497 e. The normalized spacial score (nSPS) is 14.9. The number of amides is 1. The van der Waals surface area contributed by atoms with Gasteiger partial charge in [0.2, 0.25) is 0 Å². The molecule has 164 valence electrons. The number of hydrogen-bond donors (Lipinski definition) is 0. The first kappa shape index (κ1) is 21.6. The molecule has 1 amide bonds. The van der Waals surface area contributed by atoms with Crippen LogP contribution in [0.2, 0.25) is 0 Å². The fraction of sp³-hybridized carbons (Fsp3) is 0.231. The summed E-state index contributed by atoms with van der Waals surface area (Å²) < 4.78 is 6.64. The van der Waals surface area contributed by atoms with E-state index in [1.807, 2.05) is 47.4 Å². The predicted molar refractivity (Wildman–Crippen MR) is 126 cm³/mol. The Balaban J connectivity index is 1.53. The summed E-state index contributed by atoms with van der Waals surface area (Å²) in [5, 5.41) is 0. The Kier molecular flexibility index (Phi) is 6.82. The van der Waals surface area contributed by atoms with E-state index in [1.165, 1.54) is 16.2 Å². The predicted octanol–water partition coefficient (Wildman–Crippen LogP) is 3.20. The Bertz CT molecular complexity index is 1130. The van der Waals surface area contributed by atoms with Gasteiger partial charge in [-0.05, 0) is 35.4 Å². The lowest BCUT2D eigenvalue weighted by Gasteiger charge is -2.35. The summed E-state index contributed by atoms with van der Waals surface area (Å²) in [5.41, 5.74) is 2.21. The fourth-order valence-corrected chi connectivity index (χ4v) is 3.83. The Morgan fingerprint density at radius 3 is 2.25 bits per heavy atom. The summed E-state index contributed by atoms with van der Waals surface area (Å²) in [5.74, 6) is 0.593. The molecule has 1 fully saturated rings. The number of methoxy groups -OCH3 is 1. The van der Waals surface area contributed by atoms with Crippen LogP contribution in [-0.4, -0.2) is 53.6 Å². The molecule has 2 heterocycles. The standard InChI is InChI=1S/C26H27N3O3/c1-32-23-12-10-21(11-13-23)19-24(29-14-6-5-9-25(29)30)26(31)28-17-15-27(16-18-28)20-22-7-3-2-4-8-22/h2-14,19H,15-18,20H2,1H3. The Hall–Kier alpha value is -3.64. The zero-order chi connectivity index (χ0) is 22.3. The highest BCUT2D eigenvalue weighted by molar-refractivity contribution is 6.18. The van der Waals surface area contributed by atoms with E-state index in [0.29, 0.717) is 18.8 Å². The Labute approximate surface area is 188 Å². The summed E-state index contributed by atoms with van der Waals surface area (Å²) in [4.78, 5) is 30.2. The average Bonchev–Trinajstić information content (AvgIpc) is 2.84. The van der Waals surface area contributed by atoms with Crippen molar-refractivity contribution in [3.8, 4) is 5.75 Å². The molecule has 0 saturated carbocycles. The molecule has 32 heavy (non-hydrogen) atoms. The second-order valence-electron chi connectivity index (χ2n) is 7.77. The first-order chi connectivity index (χ1) is 15.6. The minimum absolute atomic E-state index is 0.145. The number of carbonyl (C=O) groups is 1. The van der Waals surface area contributed by atoms with Crippen LogP contribution in [0.1, 0.15) is 11.1 Å². The van der Waals surface area contributed by atoms with E-state index in [-0.39, 0.29) is 11.5 Å². The summed E-state index contributed by atoms with van der Waals surface area (Å²) >= 11 is 0. The van der Waals surface area contributed by atoms with Gasteiger partial charge in [-0.25, -0.2) is 0 Å². The number of benzene rings is 2. The SMILES string of the molecule is COc1ccc(C=C(C(=O)N2CCN(Cc3ccccc3)CC2)n2ccccc2=O)cc1. The molecule has 0 bridgehead atoms. The van der Waals surface area contributed by atoms with Crippen molar-refractivity contribution in [2.75, 3.05) is 33.3 Å². The lowest BCUT2D eigenvalue weighted by Crippen LogP contribution is -2.49. The summed E-state index contributed by atoms with van der Waals surface area (Å²) in [6.07, 6.45) is 3.40. The highest BCUT2D eigenvalue weighted by Crippen LogP contribution is 2.18. The molecule has 1 aromatic heterocycles. The molecule has 1 aliphatic rings. The topological polar surface area (TPSA) is 54.8 Å². The van der Waals surface area contributed by atoms with Crippen molar-refractivity contribution < 1.29 is 9.53 Å². The number of piperazine rings is 1. The van der Waals surface area contributed by atoms with Crippen molar-refractivity contribution >= 4 is 17.7 Å². The molecule has 3 aromatic rings. The third-order valence-corrected chi connectivity index (χ3v) is 5.63. The molecule has 6 nitrogen and oxygen atoms in total. The second-order valence-corrected chi connectivity index (χ2v) is 7.77. The van der Waals surface area contributed by atoms with Gasteiger partial charge in [0.05, 0.1) is 7.11 Å². The van der Waals surface area contributed by atoms with E-state index in [9.17, 15) is 9.59 Å². The van der Waals surface area contributed by atoms with Gasteiger partial charge in [-0.3, -0.25) is 19.1 Å². The van der Waals surface area contributed by atoms with E-state index in [2.05, 4.69) is 17.0 Å². The Morgan fingerprint density at radius 2 is 1.59 bits per heavy atom. The first-order valence-corrected chi connectivity index (χ1v) is 10.7. The third kappa shape index (κ3) is 5.15. The van der Waals surface area contributed by atoms with Crippen molar-refractivity contribution in [3.63, 3.8) is 0 Å². The van der Waals surface area contributed by atoms with Crippen LogP contribution in [0.25, 0.3) is 11.8 Å². The number of carbonyl (C=O) groups excluding carboxylic acids is 1. The summed E-state index contributed by atoms with van der Waals surface area (Å²) in [7, 11) is 1.61. The third-order valence-electron chi connectivity index (χ3n) is 5.63. The van der Waals surface area contributed by atoms with Gasteiger partial charge in [-0.2, -0.15) is 0 Å². The van der Waals surface area contributed by atoms with Gasteiger partial charge in [-0.1, -0.05) is 48.5 Å². The van der Waals surface area contributed by atoms with Crippen LogP contribution in [0.5, 0.6) is 5.75 Å². The van der Waals surface area contributed by atoms with Crippen molar-refractivity contribution in [2.45, 2.75) is 6.54 Å². The molecule has 0 atom stereocenters. The molecule has 0 spiro atoms. The van der Waals surface area contributed by atoms with E-state index < -0.39 is 0 Å². The van der Waals surface area contributed by atoms with Crippen LogP contribution in [0.15, 0.2) is 83.8 Å². The van der Waals surface area contributed by atoms with Crippen LogP contribution in [0.3, 0.4) is 0 Å². The highest BCUT2D eigenvalue weighted by Gasteiger charge is 2.25. The van der Waals surface area contributed by atoms with Crippen molar-refractivity contribution in [1.82, 2.24) is 14.4 Å². The van der Waals surface area contributed by atoms with Gasteiger partial charge in [0.15, 0.2) is 0 Å². The molecule has 2 aromatic carbocycles. The molecule has 4 rings (SSSR count). The molecule has 6 heteroatoms. The fourth-order valence-electron chi connectivity index (χ4n) is 3.83. The zero-order valence-corrected chi connectivity index (χ0v) is 18.2. The number of nitrogens with zero attached hydrogens (tertiary/aromatic N) is 3. The van der Waals surface area contributed by atoms with E-state index in [0.717, 1.165) is 30.9 Å². The van der Waals surface area contributed by atoms with Gasteiger partial charge in [0.1, 0.15) is 11.4 Å². The molecular weight excluding hydrogens is 402 g/mol. The highest BCUT2D eigenvalue weighted by atomic mass is 16.5. The molecule has 1 aliphatic heterocycles. The maximum atomic E-state index is 13.5. The summed E-state index contributed by atoms with van der Waals surface area (Å²) in [6, 6.07) is 22.7. The number of aromatic nitrogens is 1. The zero-order valence-electron chi connectivity index (χ0n) is 18.2. The number of pyridine rings is 1. The van der Waals surface area contributed by atoms with Gasteiger partial charge in [0.25, 0.3) is 11.5 Å². The monoisotopic (exact) mass is 429 g/mol. The van der Waals surface area contributed by atoms with E-state index >= 15 is 0 Å². The first-order valence-electron chi connectivity index (χ1n) is 10.7. The van der Waals surface area contributed by atoms with Gasteiger partial charge in [-0.15, -0.1) is 0 Å². The second kappa shape index (κ2) is 10.1. The van der Waals surface area contributed by atoms with Crippen LogP contribution in [-0.2, 0) is 11.3 Å². The van der Waals surface area contributed by atoms with Crippen LogP contribution >= 0.6 is 0 Å². The lowest BCUT2D eigenvalue weighted by atomic mass is 10.1. The van der Waals surface area contributed by atoms with Gasteiger partial charge >= 0.3 is 0 Å². The van der Waals surface area contributed by atoms with Crippen LogP contribution in [0.4, 0.5) is 0 Å². The average molecular weight is 430 g/mol. The minimum atomic E-state index is -0.233. The quantitative estimate of drug-likeness (QED) is 0.565. The van der Waals surface area contributed by atoms with Gasteiger partial charge in [0, 0.05) is 45.0 Å². The molecular formula is C26H27N3O3. The van der Waals surface area contributed by atoms with Crippen LogP contribution in [0, 0.1) is 0 Å². The molecule has 0 N–H and O–H groups in total. The molecule has 1 saturated heterocycles. The lowest BCUT2D eigenvalue weighted by molar-refractivity contribution is -0.127. The number of ether oxygens (including phenoxy) is 1. The van der Waals surface area contributed by atoms with Crippen molar-refractivity contribution in [1.29, 1.82) is 0 Å². The Morgan fingerprint density at radius 1 is 0.906 bits per heavy atom. The maximum absolute atomic E-state index is 13.5. The van der Waals surface area contributed by atoms with Crippen molar-refractivity contribution in [3.05, 3.63) is 100 Å². The molecule has 0 aliphatic carbocycles. The van der Waals surface area contributed by atoms with Gasteiger partial charge < -0.3 is 9.64 Å². The van der Waals surface area contributed by atoms with Crippen molar-refractivity contribution in [2.24, 2.45) is 0 Å². The molecule has 0 radical (unpaired) electrons. The smallest absolute Gasteiger partial charge is 0.271 e. The minimum Gasteiger partial charge on any atom is -0.497 e. The maximum Gasteiger partial charge on any atom is 0.271 e. The van der Waals surface area contributed by atoms with E-state index in [4.69, 9.17) is 4.74 Å². The number of rotatable bonds is 6.